The molecule has 5 rings (SSSR count). The third-order valence-electron chi connectivity index (χ3n) is 5.61. The molecule has 0 N–H and O–H groups in total. The molecular weight excluding hydrogens is 391 g/mol. The molecule has 0 fully saturated rings. The molecule has 0 aliphatic heterocycles. The second-order valence-corrected chi connectivity index (χ2v) is 7.62. The van der Waals surface area contributed by atoms with E-state index in [-0.39, 0.29) is 5.82 Å². The Bertz CT molecular complexity index is 1370. The first-order valence-electron chi connectivity index (χ1n) is 10.1. The van der Waals surface area contributed by atoms with Gasteiger partial charge in [0, 0.05) is 11.8 Å². The second-order valence-electron chi connectivity index (χ2n) is 7.62. The van der Waals surface area contributed by atoms with Crippen LogP contribution in [-0.4, -0.2) is 19.7 Å². The molecule has 6 heteroatoms. The van der Waals surface area contributed by atoms with E-state index in [1.807, 2.05) is 63.2 Å². The zero-order chi connectivity index (χ0) is 21.5. The van der Waals surface area contributed by atoms with Crippen LogP contribution in [0.2, 0.25) is 0 Å². The Kier molecular flexibility index (Phi) is 4.62. The number of hydrogen-bond donors (Lipinski definition) is 0. The standard InChI is InChI=1S/C25H21FN4O/c1-15-23(16(2)31-29-15)19-11-12-21-22(14-19)30(17(3)28-21)25(18-8-5-4-6-9-18)24-20(26)10-7-13-27-24/h4-14,25H,1-3H3/t25-/m0/s1. The van der Waals surface area contributed by atoms with Crippen LogP contribution < -0.4 is 0 Å². The molecule has 0 bridgehead atoms. The van der Waals surface area contributed by atoms with Crippen molar-refractivity contribution in [2.45, 2.75) is 26.8 Å². The van der Waals surface area contributed by atoms with Crippen LogP contribution in [0.4, 0.5) is 4.39 Å². The number of benzene rings is 2. The van der Waals surface area contributed by atoms with Gasteiger partial charge in [-0.25, -0.2) is 9.37 Å². The number of fused-ring (bicyclic) bond motifs is 1. The van der Waals surface area contributed by atoms with Crippen LogP contribution in [0.15, 0.2) is 71.4 Å². The molecular formula is C25H21FN4O. The minimum atomic E-state index is -0.452. The molecule has 0 aliphatic rings. The highest BCUT2D eigenvalue weighted by molar-refractivity contribution is 5.84. The van der Waals surface area contributed by atoms with E-state index in [1.165, 1.54) is 6.07 Å². The highest BCUT2D eigenvalue weighted by Gasteiger charge is 2.25. The molecule has 0 unspecified atom stereocenters. The Hall–Kier alpha value is -3.80. The third kappa shape index (κ3) is 3.20. The Morgan fingerprint density at radius 3 is 2.48 bits per heavy atom. The van der Waals surface area contributed by atoms with E-state index >= 15 is 0 Å². The maximum absolute atomic E-state index is 14.9. The first-order valence-corrected chi connectivity index (χ1v) is 10.1. The summed E-state index contributed by atoms with van der Waals surface area (Å²) in [7, 11) is 0. The summed E-state index contributed by atoms with van der Waals surface area (Å²) in [5, 5.41) is 4.09. The number of pyridine rings is 1. The summed E-state index contributed by atoms with van der Waals surface area (Å²) in [6.07, 6.45) is 1.62. The zero-order valence-corrected chi connectivity index (χ0v) is 17.5. The highest BCUT2D eigenvalue weighted by Crippen LogP contribution is 2.35. The average Bonchev–Trinajstić information content (AvgIpc) is 3.28. The van der Waals surface area contributed by atoms with Gasteiger partial charge in [0.15, 0.2) is 0 Å². The summed E-state index contributed by atoms with van der Waals surface area (Å²) in [4.78, 5) is 9.17. The molecule has 0 amide bonds. The molecule has 2 aromatic carbocycles. The van der Waals surface area contributed by atoms with Crippen molar-refractivity contribution in [3.05, 3.63) is 101 Å². The van der Waals surface area contributed by atoms with Gasteiger partial charge in [0.05, 0.1) is 16.7 Å². The molecule has 154 valence electrons. The Labute approximate surface area is 179 Å². The van der Waals surface area contributed by atoms with Gasteiger partial charge in [-0.15, -0.1) is 0 Å². The fraction of sp³-hybridized carbons (Fsp3) is 0.160. The van der Waals surface area contributed by atoms with Crippen molar-refractivity contribution in [3.63, 3.8) is 0 Å². The Morgan fingerprint density at radius 2 is 1.77 bits per heavy atom. The molecule has 0 saturated carbocycles. The van der Waals surface area contributed by atoms with Gasteiger partial charge in [-0.2, -0.15) is 0 Å². The fourth-order valence-corrected chi connectivity index (χ4v) is 4.25. The summed E-state index contributed by atoms with van der Waals surface area (Å²) in [6.45, 7) is 5.76. The quantitative estimate of drug-likeness (QED) is 0.375. The lowest BCUT2D eigenvalue weighted by molar-refractivity contribution is 0.393. The number of halogens is 1. The molecule has 5 aromatic rings. The second kappa shape index (κ2) is 7.47. The van der Waals surface area contributed by atoms with Gasteiger partial charge >= 0.3 is 0 Å². The van der Waals surface area contributed by atoms with Crippen molar-refractivity contribution in [3.8, 4) is 11.1 Å². The van der Waals surface area contributed by atoms with Crippen molar-refractivity contribution in [1.82, 2.24) is 19.7 Å². The van der Waals surface area contributed by atoms with Gasteiger partial charge in [-0.1, -0.05) is 41.6 Å². The lowest BCUT2D eigenvalue weighted by Gasteiger charge is -2.22. The summed E-state index contributed by atoms with van der Waals surface area (Å²) in [6, 6.07) is 18.5. The summed E-state index contributed by atoms with van der Waals surface area (Å²) >= 11 is 0. The van der Waals surface area contributed by atoms with E-state index in [4.69, 9.17) is 9.51 Å². The number of aryl methyl sites for hydroxylation is 3. The van der Waals surface area contributed by atoms with Crippen LogP contribution >= 0.6 is 0 Å². The van der Waals surface area contributed by atoms with Gasteiger partial charge < -0.3 is 9.09 Å². The minimum absolute atomic E-state index is 0.348. The first-order chi connectivity index (χ1) is 15.0. The minimum Gasteiger partial charge on any atom is -0.361 e. The molecule has 3 aromatic heterocycles. The van der Waals surface area contributed by atoms with Crippen LogP contribution in [0.5, 0.6) is 0 Å². The van der Waals surface area contributed by atoms with Crippen molar-refractivity contribution in [1.29, 1.82) is 0 Å². The lowest BCUT2D eigenvalue weighted by Crippen LogP contribution is -2.16. The topological polar surface area (TPSA) is 56.7 Å². The van der Waals surface area contributed by atoms with E-state index in [1.54, 1.807) is 12.3 Å². The number of rotatable bonds is 4. The molecule has 0 saturated heterocycles. The molecule has 3 heterocycles. The van der Waals surface area contributed by atoms with Gasteiger partial charge in [0.25, 0.3) is 0 Å². The SMILES string of the molecule is Cc1noc(C)c1-c1ccc2nc(C)n([C@@H](c3ccccc3)c3ncccc3F)c2c1. The van der Waals surface area contributed by atoms with Crippen molar-refractivity contribution < 1.29 is 8.91 Å². The van der Waals surface area contributed by atoms with Gasteiger partial charge in [-0.3, -0.25) is 4.98 Å². The number of aromatic nitrogens is 4. The van der Waals surface area contributed by atoms with E-state index in [2.05, 4.69) is 20.8 Å². The molecule has 31 heavy (non-hydrogen) atoms. The van der Waals surface area contributed by atoms with Gasteiger partial charge in [-0.05, 0) is 56.2 Å². The smallest absolute Gasteiger partial charge is 0.147 e. The van der Waals surface area contributed by atoms with Gasteiger partial charge in [0.2, 0.25) is 0 Å². The zero-order valence-electron chi connectivity index (χ0n) is 17.5. The van der Waals surface area contributed by atoms with Crippen molar-refractivity contribution in [2.24, 2.45) is 0 Å². The van der Waals surface area contributed by atoms with Gasteiger partial charge in [0.1, 0.15) is 29.1 Å². The van der Waals surface area contributed by atoms with E-state index < -0.39 is 6.04 Å². The number of imidazole rings is 1. The molecule has 0 aliphatic carbocycles. The Morgan fingerprint density at radius 1 is 0.968 bits per heavy atom. The highest BCUT2D eigenvalue weighted by atomic mass is 19.1. The Balaban J connectivity index is 1.79. The van der Waals surface area contributed by atoms with Crippen LogP contribution in [0.3, 0.4) is 0 Å². The fourth-order valence-electron chi connectivity index (χ4n) is 4.25. The largest absolute Gasteiger partial charge is 0.361 e. The van der Waals surface area contributed by atoms with Crippen LogP contribution in [0, 0.1) is 26.6 Å². The first kappa shape index (κ1) is 19.2. The predicted molar refractivity (Wildman–Crippen MR) is 117 cm³/mol. The van der Waals surface area contributed by atoms with E-state index in [0.29, 0.717) is 5.69 Å². The predicted octanol–water partition coefficient (Wildman–Crippen LogP) is 5.79. The molecule has 1 atom stereocenters. The average molecular weight is 412 g/mol. The molecule has 0 radical (unpaired) electrons. The normalized spacial score (nSPS) is 12.4. The van der Waals surface area contributed by atoms with E-state index in [9.17, 15) is 4.39 Å². The third-order valence-corrected chi connectivity index (χ3v) is 5.61. The molecule has 0 spiro atoms. The number of hydrogen-bond acceptors (Lipinski definition) is 4. The maximum Gasteiger partial charge on any atom is 0.147 e. The number of nitrogens with zero attached hydrogens (tertiary/aromatic N) is 4. The summed E-state index contributed by atoms with van der Waals surface area (Å²) in [5.41, 5.74) is 5.81. The van der Waals surface area contributed by atoms with Crippen molar-refractivity contribution in [2.75, 3.05) is 0 Å². The van der Waals surface area contributed by atoms with E-state index in [0.717, 1.165) is 45.0 Å². The van der Waals surface area contributed by atoms with Crippen LogP contribution in [0.25, 0.3) is 22.2 Å². The monoisotopic (exact) mass is 412 g/mol. The summed E-state index contributed by atoms with van der Waals surface area (Å²) in [5.74, 6) is 1.19. The maximum atomic E-state index is 14.9. The summed E-state index contributed by atoms with van der Waals surface area (Å²) < 4.78 is 22.4. The van der Waals surface area contributed by atoms with Crippen LogP contribution in [0.1, 0.15) is 34.6 Å². The van der Waals surface area contributed by atoms with Crippen LogP contribution in [-0.2, 0) is 0 Å². The molecule has 5 nitrogen and oxygen atoms in total. The van der Waals surface area contributed by atoms with Crippen molar-refractivity contribution >= 4 is 11.0 Å². The lowest BCUT2D eigenvalue weighted by atomic mass is 10.0.